The maximum absolute atomic E-state index is 12.9. The van der Waals surface area contributed by atoms with Crippen LogP contribution < -0.4 is 5.73 Å². The van der Waals surface area contributed by atoms with Gasteiger partial charge in [0.2, 0.25) is 0 Å². The van der Waals surface area contributed by atoms with E-state index in [9.17, 15) is 9.18 Å². The van der Waals surface area contributed by atoms with Crippen LogP contribution in [0.4, 0.5) is 4.39 Å². The van der Waals surface area contributed by atoms with Gasteiger partial charge in [0.15, 0.2) is 0 Å². The molecule has 0 fully saturated rings. The van der Waals surface area contributed by atoms with E-state index in [0.29, 0.717) is 12.0 Å². The molecule has 1 aromatic carbocycles. The first kappa shape index (κ1) is 10.7. The van der Waals surface area contributed by atoms with Crippen molar-refractivity contribution < 1.29 is 14.3 Å². The Morgan fingerprint density at radius 1 is 1.64 bits per heavy atom. The highest BCUT2D eigenvalue weighted by Crippen LogP contribution is 2.18. The molecule has 76 valence electrons. The second kappa shape index (κ2) is 4.19. The molecule has 0 aromatic heterocycles. The van der Waals surface area contributed by atoms with Crippen LogP contribution in [-0.2, 0) is 11.2 Å². The summed E-state index contributed by atoms with van der Waals surface area (Å²) >= 11 is 0. The van der Waals surface area contributed by atoms with E-state index >= 15 is 0 Å². The zero-order valence-corrected chi connectivity index (χ0v) is 7.83. The fourth-order valence-corrected chi connectivity index (χ4v) is 1.31. The molecule has 1 rings (SSSR count). The highest BCUT2D eigenvalue weighted by molar-refractivity contribution is 5.75. The van der Waals surface area contributed by atoms with Gasteiger partial charge < -0.3 is 10.8 Å². The van der Waals surface area contributed by atoms with E-state index in [1.54, 1.807) is 6.07 Å². The number of aryl methyl sites for hydroxylation is 1. The fraction of sp³-hybridized carbons (Fsp3) is 0.300. The van der Waals surface area contributed by atoms with Gasteiger partial charge in [0.1, 0.15) is 11.9 Å². The topological polar surface area (TPSA) is 63.3 Å². The van der Waals surface area contributed by atoms with Crippen LogP contribution >= 0.6 is 0 Å². The SMILES string of the molecule is CCc1ccc(F)cc1[C@@H](N)C(=O)O. The Hall–Kier alpha value is -1.42. The van der Waals surface area contributed by atoms with Gasteiger partial charge in [-0.3, -0.25) is 4.79 Å². The molecule has 0 aliphatic rings. The van der Waals surface area contributed by atoms with Crippen molar-refractivity contribution in [3.05, 3.63) is 35.1 Å². The molecule has 0 aliphatic heterocycles. The number of benzene rings is 1. The molecule has 14 heavy (non-hydrogen) atoms. The van der Waals surface area contributed by atoms with Gasteiger partial charge in [0, 0.05) is 0 Å². The van der Waals surface area contributed by atoms with E-state index in [2.05, 4.69) is 0 Å². The van der Waals surface area contributed by atoms with Crippen molar-refractivity contribution in [2.75, 3.05) is 0 Å². The number of carboxylic acid groups (broad SMARTS) is 1. The summed E-state index contributed by atoms with van der Waals surface area (Å²) in [6.45, 7) is 1.87. The van der Waals surface area contributed by atoms with Crippen LogP contribution in [0.5, 0.6) is 0 Å². The molecule has 1 aromatic rings. The van der Waals surface area contributed by atoms with Crippen molar-refractivity contribution in [1.29, 1.82) is 0 Å². The summed E-state index contributed by atoms with van der Waals surface area (Å²) in [5.74, 6) is -1.61. The Morgan fingerprint density at radius 3 is 2.79 bits per heavy atom. The zero-order valence-electron chi connectivity index (χ0n) is 7.83. The molecule has 1 atom stereocenters. The number of aliphatic carboxylic acids is 1. The van der Waals surface area contributed by atoms with E-state index in [1.165, 1.54) is 12.1 Å². The lowest BCUT2D eigenvalue weighted by atomic mass is 9.99. The monoisotopic (exact) mass is 197 g/mol. The number of carboxylic acids is 1. The summed E-state index contributed by atoms with van der Waals surface area (Å²) in [5.41, 5.74) is 6.53. The van der Waals surface area contributed by atoms with Crippen molar-refractivity contribution in [2.45, 2.75) is 19.4 Å². The van der Waals surface area contributed by atoms with Gasteiger partial charge >= 0.3 is 5.97 Å². The molecule has 0 radical (unpaired) electrons. The first-order chi connectivity index (χ1) is 6.56. The third kappa shape index (κ3) is 2.09. The van der Waals surface area contributed by atoms with Crippen LogP contribution in [0.1, 0.15) is 24.1 Å². The molecule has 0 bridgehead atoms. The highest BCUT2D eigenvalue weighted by atomic mass is 19.1. The molecule has 4 heteroatoms. The van der Waals surface area contributed by atoms with Gasteiger partial charge in [0.25, 0.3) is 0 Å². The van der Waals surface area contributed by atoms with Crippen molar-refractivity contribution in [2.24, 2.45) is 5.73 Å². The van der Waals surface area contributed by atoms with Crippen LogP contribution in [-0.4, -0.2) is 11.1 Å². The summed E-state index contributed by atoms with van der Waals surface area (Å²) in [4.78, 5) is 10.6. The van der Waals surface area contributed by atoms with Crippen LogP contribution in [0.2, 0.25) is 0 Å². The van der Waals surface area contributed by atoms with E-state index in [0.717, 1.165) is 5.56 Å². The van der Waals surface area contributed by atoms with Gasteiger partial charge in [0.05, 0.1) is 0 Å². The Labute approximate surface area is 81.4 Å². The van der Waals surface area contributed by atoms with Crippen LogP contribution in [0.3, 0.4) is 0 Å². The number of halogens is 1. The van der Waals surface area contributed by atoms with Crippen LogP contribution in [0.15, 0.2) is 18.2 Å². The summed E-state index contributed by atoms with van der Waals surface area (Å²) in [5, 5.41) is 8.70. The molecule has 0 saturated carbocycles. The summed E-state index contributed by atoms with van der Waals surface area (Å²) in [7, 11) is 0. The summed E-state index contributed by atoms with van der Waals surface area (Å²) < 4.78 is 12.9. The number of carbonyl (C=O) groups is 1. The predicted molar refractivity (Wildman–Crippen MR) is 50.3 cm³/mol. The minimum atomic E-state index is -1.15. The largest absolute Gasteiger partial charge is 0.480 e. The lowest BCUT2D eigenvalue weighted by molar-refractivity contribution is -0.138. The van der Waals surface area contributed by atoms with E-state index < -0.39 is 17.8 Å². The molecule has 0 aliphatic carbocycles. The van der Waals surface area contributed by atoms with Gasteiger partial charge in [-0.15, -0.1) is 0 Å². The molecule has 0 heterocycles. The van der Waals surface area contributed by atoms with E-state index in [4.69, 9.17) is 10.8 Å². The predicted octanol–water partition coefficient (Wildman–Crippen LogP) is 1.47. The van der Waals surface area contributed by atoms with Gasteiger partial charge in [-0.1, -0.05) is 13.0 Å². The number of nitrogens with two attached hydrogens (primary N) is 1. The molecule has 0 saturated heterocycles. The Kier molecular flexibility index (Phi) is 3.19. The third-order valence-corrected chi connectivity index (χ3v) is 2.09. The molecule has 3 nitrogen and oxygen atoms in total. The molecular weight excluding hydrogens is 185 g/mol. The van der Waals surface area contributed by atoms with Crippen molar-refractivity contribution >= 4 is 5.97 Å². The summed E-state index contributed by atoms with van der Waals surface area (Å²) in [6.07, 6.45) is 0.636. The van der Waals surface area contributed by atoms with Crippen LogP contribution in [0.25, 0.3) is 0 Å². The standard InChI is InChI=1S/C10H12FNO2/c1-2-6-3-4-7(11)5-8(6)9(12)10(13)14/h3-5,9H,2,12H2,1H3,(H,13,14)/t9-/m1/s1. The number of hydrogen-bond acceptors (Lipinski definition) is 2. The normalized spacial score (nSPS) is 12.5. The van der Waals surface area contributed by atoms with E-state index in [1.807, 2.05) is 6.92 Å². The van der Waals surface area contributed by atoms with E-state index in [-0.39, 0.29) is 0 Å². The lowest BCUT2D eigenvalue weighted by Gasteiger charge is -2.11. The minimum Gasteiger partial charge on any atom is -0.480 e. The zero-order chi connectivity index (χ0) is 10.7. The Balaban J connectivity index is 3.16. The first-order valence-corrected chi connectivity index (χ1v) is 4.33. The first-order valence-electron chi connectivity index (χ1n) is 4.33. The molecule has 3 N–H and O–H groups in total. The second-order valence-corrected chi connectivity index (χ2v) is 3.01. The lowest BCUT2D eigenvalue weighted by Crippen LogP contribution is -2.22. The smallest absolute Gasteiger partial charge is 0.325 e. The molecule has 0 spiro atoms. The highest BCUT2D eigenvalue weighted by Gasteiger charge is 2.17. The third-order valence-electron chi connectivity index (χ3n) is 2.09. The second-order valence-electron chi connectivity index (χ2n) is 3.01. The Bertz CT molecular complexity index is 352. The van der Waals surface area contributed by atoms with Crippen molar-refractivity contribution in [3.63, 3.8) is 0 Å². The van der Waals surface area contributed by atoms with Gasteiger partial charge in [-0.05, 0) is 29.7 Å². The number of hydrogen-bond donors (Lipinski definition) is 2. The van der Waals surface area contributed by atoms with Gasteiger partial charge in [-0.2, -0.15) is 0 Å². The average molecular weight is 197 g/mol. The molecule has 0 amide bonds. The minimum absolute atomic E-state index is 0.347. The van der Waals surface area contributed by atoms with Crippen LogP contribution in [0, 0.1) is 5.82 Å². The number of rotatable bonds is 3. The van der Waals surface area contributed by atoms with Crippen molar-refractivity contribution in [3.8, 4) is 0 Å². The van der Waals surface area contributed by atoms with Crippen molar-refractivity contribution in [1.82, 2.24) is 0 Å². The maximum Gasteiger partial charge on any atom is 0.325 e. The maximum atomic E-state index is 12.9. The molecular formula is C10H12FNO2. The Morgan fingerprint density at radius 2 is 2.29 bits per heavy atom. The van der Waals surface area contributed by atoms with Gasteiger partial charge in [-0.25, -0.2) is 4.39 Å². The quantitative estimate of drug-likeness (QED) is 0.771. The average Bonchev–Trinajstić information content (AvgIpc) is 2.16. The fourth-order valence-electron chi connectivity index (χ4n) is 1.31. The summed E-state index contributed by atoms with van der Waals surface area (Å²) in [6, 6.07) is 2.89. The molecule has 0 unspecified atom stereocenters.